The fraction of sp³-hybridized carbons (Fsp3) is 0.190. The van der Waals surface area contributed by atoms with Crippen LogP contribution in [0.25, 0.3) is 10.9 Å². The van der Waals surface area contributed by atoms with Crippen molar-refractivity contribution < 1.29 is 9.59 Å². The molecule has 0 saturated carbocycles. The molecule has 0 spiro atoms. The number of nitrogens with two attached hydrogens (primary N) is 1. The van der Waals surface area contributed by atoms with Crippen LogP contribution in [-0.2, 0) is 22.4 Å². The van der Waals surface area contributed by atoms with E-state index in [4.69, 9.17) is 5.73 Å². The number of carbonyl (C=O) groups is 2. The Labute approximate surface area is 152 Å². The summed E-state index contributed by atoms with van der Waals surface area (Å²) in [5.74, 6) is -0.758. The Morgan fingerprint density at radius 1 is 0.962 bits per heavy atom. The van der Waals surface area contributed by atoms with Crippen molar-refractivity contribution in [2.24, 2.45) is 5.73 Å². The fourth-order valence-corrected chi connectivity index (χ4v) is 2.82. The maximum atomic E-state index is 12.2. The number of para-hydroxylation sites is 1. The van der Waals surface area contributed by atoms with Crippen LogP contribution in [0.1, 0.15) is 17.7 Å². The first kappa shape index (κ1) is 17.6. The van der Waals surface area contributed by atoms with Gasteiger partial charge in [0.05, 0.1) is 5.52 Å². The molecule has 1 aromatic heterocycles. The smallest absolute Gasteiger partial charge is 0.240 e. The van der Waals surface area contributed by atoms with Crippen LogP contribution in [0.15, 0.2) is 66.7 Å². The minimum absolute atomic E-state index is 0.196. The van der Waals surface area contributed by atoms with Gasteiger partial charge in [0, 0.05) is 23.9 Å². The molecule has 0 aliphatic heterocycles. The van der Waals surface area contributed by atoms with Gasteiger partial charge in [0.25, 0.3) is 0 Å². The second-order valence-corrected chi connectivity index (χ2v) is 6.21. The number of fused-ring (bicyclic) bond motifs is 1. The van der Waals surface area contributed by atoms with Gasteiger partial charge in [0.2, 0.25) is 11.8 Å². The van der Waals surface area contributed by atoms with Crippen molar-refractivity contribution in [3.8, 4) is 0 Å². The highest BCUT2D eigenvalue weighted by molar-refractivity contribution is 5.87. The van der Waals surface area contributed by atoms with E-state index in [1.54, 1.807) is 0 Å². The normalized spacial score (nSPS) is 11.8. The van der Waals surface area contributed by atoms with E-state index < -0.39 is 11.9 Å². The summed E-state index contributed by atoms with van der Waals surface area (Å²) < 4.78 is 0. The third-order valence-corrected chi connectivity index (χ3v) is 4.23. The molecular formula is C21H21N3O2. The van der Waals surface area contributed by atoms with Gasteiger partial charge in [0.15, 0.2) is 0 Å². The van der Waals surface area contributed by atoms with Crippen LogP contribution in [0, 0.1) is 0 Å². The van der Waals surface area contributed by atoms with Gasteiger partial charge in [-0.2, -0.15) is 0 Å². The molecular weight excluding hydrogens is 326 g/mol. The number of benzene rings is 2. The van der Waals surface area contributed by atoms with Gasteiger partial charge in [-0.1, -0.05) is 54.6 Å². The molecule has 1 heterocycles. The molecule has 2 amide bonds. The second kappa shape index (κ2) is 8.25. The van der Waals surface area contributed by atoms with Crippen molar-refractivity contribution in [2.45, 2.75) is 25.3 Å². The topological polar surface area (TPSA) is 85.1 Å². The van der Waals surface area contributed by atoms with Crippen LogP contribution in [-0.4, -0.2) is 22.8 Å². The van der Waals surface area contributed by atoms with Gasteiger partial charge in [0.1, 0.15) is 6.04 Å². The number of carbonyl (C=O) groups excluding carboxylic acids is 2. The number of rotatable bonds is 7. The number of aryl methyl sites for hydroxylation is 1. The first-order valence-corrected chi connectivity index (χ1v) is 8.59. The molecule has 0 bridgehead atoms. The summed E-state index contributed by atoms with van der Waals surface area (Å²) in [6.45, 7) is 0. The average Bonchev–Trinajstić information content (AvgIpc) is 2.66. The van der Waals surface area contributed by atoms with Gasteiger partial charge in [-0.3, -0.25) is 14.6 Å². The molecule has 0 aliphatic carbocycles. The van der Waals surface area contributed by atoms with E-state index in [2.05, 4.69) is 10.3 Å². The number of nitrogens with zero attached hydrogens (tertiary/aromatic N) is 1. The largest absolute Gasteiger partial charge is 0.368 e. The van der Waals surface area contributed by atoms with E-state index in [-0.39, 0.29) is 12.3 Å². The van der Waals surface area contributed by atoms with Crippen LogP contribution in [0.2, 0.25) is 0 Å². The molecule has 0 aliphatic rings. The first-order chi connectivity index (χ1) is 12.6. The highest BCUT2D eigenvalue weighted by Crippen LogP contribution is 2.13. The predicted molar refractivity (Wildman–Crippen MR) is 101 cm³/mol. The summed E-state index contributed by atoms with van der Waals surface area (Å²) in [7, 11) is 0. The van der Waals surface area contributed by atoms with Crippen LogP contribution >= 0.6 is 0 Å². The Balaban J connectivity index is 1.62. The SMILES string of the molecule is NC(=O)[C@H](Cc1ccc2ccccc2n1)NC(=O)CCc1ccccc1. The van der Waals surface area contributed by atoms with E-state index in [0.29, 0.717) is 12.8 Å². The molecule has 132 valence electrons. The molecule has 0 unspecified atom stereocenters. The van der Waals surface area contributed by atoms with Crippen molar-refractivity contribution in [3.05, 3.63) is 78.0 Å². The third kappa shape index (κ3) is 4.66. The molecule has 0 saturated heterocycles. The summed E-state index contributed by atoms with van der Waals surface area (Å²) in [4.78, 5) is 28.5. The molecule has 0 fully saturated rings. The first-order valence-electron chi connectivity index (χ1n) is 8.59. The number of hydrogen-bond donors (Lipinski definition) is 2. The minimum Gasteiger partial charge on any atom is -0.368 e. The standard InChI is InChI=1S/C21H21N3O2/c22-21(26)19(24-20(25)13-10-15-6-2-1-3-7-15)14-17-12-11-16-8-4-5-9-18(16)23-17/h1-9,11-12,19H,10,13-14H2,(H2,22,26)(H,24,25)/t19-/m0/s1. The number of aromatic nitrogens is 1. The van der Waals surface area contributed by atoms with Crippen molar-refractivity contribution in [3.63, 3.8) is 0 Å². The van der Waals surface area contributed by atoms with Gasteiger partial charge >= 0.3 is 0 Å². The van der Waals surface area contributed by atoms with Crippen LogP contribution in [0.4, 0.5) is 0 Å². The summed E-state index contributed by atoms with van der Waals surface area (Å²) in [5.41, 5.74) is 8.12. The summed E-state index contributed by atoms with van der Waals surface area (Å²) in [6.07, 6.45) is 1.20. The zero-order valence-corrected chi connectivity index (χ0v) is 14.4. The molecule has 3 aromatic rings. The lowest BCUT2D eigenvalue weighted by Gasteiger charge is -2.15. The summed E-state index contributed by atoms with van der Waals surface area (Å²) in [5, 5.41) is 3.76. The quantitative estimate of drug-likeness (QED) is 0.688. The van der Waals surface area contributed by atoms with E-state index in [1.807, 2.05) is 66.7 Å². The van der Waals surface area contributed by atoms with Gasteiger partial charge < -0.3 is 11.1 Å². The Kier molecular flexibility index (Phi) is 5.59. The Bertz CT molecular complexity index is 909. The fourth-order valence-electron chi connectivity index (χ4n) is 2.82. The predicted octanol–water partition coefficient (Wildman–Crippen LogP) is 2.38. The van der Waals surface area contributed by atoms with E-state index in [9.17, 15) is 9.59 Å². The molecule has 5 heteroatoms. The van der Waals surface area contributed by atoms with Crippen molar-refractivity contribution in [1.82, 2.24) is 10.3 Å². The Morgan fingerprint density at radius 2 is 1.69 bits per heavy atom. The lowest BCUT2D eigenvalue weighted by Crippen LogP contribution is -2.46. The van der Waals surface area contributed by atoms with Gasteiger partial charge in [-0.15, -0.1) is 0 Å². The molecule has 3 rings (SSSR count). The summed E-state index contributed by atoms with van der Waals surface area (Å²) in [6, 6.07) is 20.5. The number of amides is 2. The lowest BCUT2D eigenvalue weighted by molar-refractivity contribution is -0.127. The third-order valence-electron chi connectivity index (χ3n) is 4.23. The molecule has 5 nitrogen and oxygen atoms in total. The Hall–Kier alpha value is -3.21. The zero-order valence-electron chi connectivity index (χ0n) is 14.4. The number of primary amides is 1. The maximum Gasteiger partial charge on any atom is 0.240 e. The monoisotopic (exact) mass is 347 g/mol. The average molecular weight is 347 g/mol. The van der Waals surface area contributed by atoms with Gasteiger partial charge in [-0.25, -0.2) is 0 Å². The summed E-state index contributed by atoms with van der Waals surface area (Å²) >= 11 is 0. The van der Waals surface area contributed by atoms with Crippen molar-refractivity contribution in [1.29, 1.82) is 0 Å². The van der Waals surface area contributed by atoms with Crippen molar-refractivity contribution >= 4 is 22.7 Å². The highest BCUT2D eigenvalue weighted by Gasteiger charge is 2.19. The molecule has 3 N–H and O–H groups in total. The second-order valence-electron chi connectivity index (χ2n) is 6.21. The van der Waals surface area contributed by atoms with Crippen molar-refractivity contribution in [2.75, 3.05) is 0 Å². The highest BCUT2D eigenvalue weighted by atomic mass is 16.2. The lowest BCUT2D eigenvalue weighted by atomic mass is 10.1. The minimum atomic E-state index is -0.771. The number of pyridine rings is 1. The number of hydrogen-bond acceptors (Lipinski definition) is 3. The van der Waals surface area contributed by atoms with E-state index >= 15 is 0 Å². The van der Waals surface area contributed by atoms with E-state index in [0.717, 1.165) is 22.2 Å². The van der Waals surface area contributed by atoms with Crippen LogP contribution in [0.3, 0.4) is 0 Å². The maximum absolute atomic E-state index is 12.2. The Morgan fingerprint density at radius 3 is 2.46 bits per heavy atom. The van der Waals surface area contributed by atoms with E-state index in [1.165, 1.54) is 0 Å². The van der Waals surface area contributed by atoms with Crippen LogP contribution < -0.4 is 11.1 Å². The molecule has 2 aromatic carbocycles. The van der Waals surface area contributed by atoms with Crippen LogP contribution in [0.5, 0.6) is 0 Å². The number of nitrogens with one attached hydrogen (secondary N) is 1. The van der Waals surface area contributed by atoms with Gasteiger partial charge in [-0.05, 0) is 24.1 Å². The molecule has 1 atom stereocenters. The molecule has 26 heavy (non-hydrogen) atoms. The molecule has 0 radical (unpaired) electrons. The zero-order chi connectivity index (χ0) is 18.4.